The number of carbonyl (C=O) groups is 1. The number of hydrogen-bond donors (Lipinski definition) is 4. The molecule has 0 spiro atoms. The van der Waals surface area contributed by atoms with E-state index >= 15 is 0 Å². The highest BCUT2D eigenvalue weighted by atomic mass is 31.2. The van der Waals surface area contributed by atoms with Crippen LogP contribution in [0.3, 0.4) is 0 Å². The highest BCUT2D eigenvalue weighted by Crippen LogP contribution is 2.42. The van der Waals surface area contributed by atoms with E-state index in [0.29, 0.717) is 18.5 Å². The van der Waals surface area contributed by atoms with Crippen LogP contribution < -0.4 is 11.2 Å². The van der Waals surface area contributed by atoms with Crippen molar-refractivity contribution in [2.45, 2.75) is 57.8 Å². The number of carboxylic acids is 1. The molecule has 11 heteroatoms. The zero-order chi connectivity index (χ0) is 20.9. The standard InChI is InChI=1S/C17H27N2O8P/c1-11-8-19(17(23)18-14(11)20)9-12-6-4-2-3-5-7-13(12)10-27-16(15(21)22)28(24,25)26/h8,12-13,16H,2-7,9-10H2,1H3,(H,21,22)(H,18,20,23)(H2,24,25,26). The minimum Gasteiger partial charge on any atom is -0.479 e. The van der Waals surface area contributed by atoms with Gasteiger partial charge in [0.1, 0.15) is 0 Å². The van der Waals surface area contributed by atoms with Gasteiger partial charge in [0.05, 0.1) is 6.61 Å². The molecular formula is C17H27N2O8P. The molecule has 1 aromatic rings. The summed E-state index contributed by atoms with van der Waals surface area (Å²) in [4.78, 5) is 55.5. The number of aromatic amines is 1. The van der Waals surface area contributed by atoms with Gasteiger partial charge in [-0.15, -0.1) is 0 Å². The van der Waals surface area contributed by atoms with Crippen LogP contribution in [0.15, 0.2) is 15.8 Å². The zero-order valence-corrected chi connectivity index (χ0v) is 16.6. The third kappa shape index (κ3) is 6.13. The topological polar surface area (TPSA) is 159 Å². The normalized spacial score (nSPS) is 22.2. The molecule has 0 radical (unpaired) electrons. The Labute approximate surface area is 161 Å². The van der Waals surface area contributed by atoms with Crippen molar-refractivity contribution in [1.82, 2.24) is 9.55 Å². The summed E-state index contributed by atoms with van der Waals surface area (Å²) in [5.74, 6) is -4.11. The summed E-state index contributed by atoms with van der Waals surface area (Å²) in [5, 5.41) is 9.04. The van der Waals surface area contributed by atoms with E-state index in [9.17, 15) is 28.7 Å². The second-order valence-electron chi connectivity index (χ2n) is 7.35. The highest BCUT2D eigenvalue weighted by molar-refractivity contribution is 7.53. The number of H-pyrrole nitrogens is 1. The number of aromatic nitrogens is 2. The molecule has 158 valence electrons. The molecule has 0 bridgehead atoms. The summed E-state index contributed by atoms with van der Waals surface area (Å²) in [5.41, 5.74) is -0.550. The second kappa shape index (κ2) is 9.65. The second-order valence-corrected chi connectivity index (χ2v) is 9.00. The van der Waals surface area contributed by atoms with Crippen LogP contribution in [0, 0.1) is 18.8 Å². The van der Waals surface area contributed by atoms with E-state index in [0.717, 1.165) is 32.1 Å². The highest BCUT2D eigenvalue weighted by Gasteiger charge is 2.38. The van der Waals surface area contributed by atoms with E-state index in [2.05, 4.69) is 4.98 Å². The first-order valence-corrected chi connectivity index (χ1v) is 11.0. The fourth-order valence-electron chi connectivity index (χ4n) is 3.63. The lowest BCUT2D eigenvalue weighted by Crippen LogP contribution is -2.36. The SMILES string of the molecule is Cc1cn(CC2CCCCCCC2COC(C(=O)O)P(=O)(O)O)c(=O)[nH]c1=O. The average Bonchev–Trinajstić information content (AvgIpc) is 2.55. The number of ether oxygens (including phenoxy) is 1. The number of aliphatic carboxylic acids is 1. The number of carboxylic acid groups (broad SMARTS) is 1. The molecular weight excluding hydrogens is 391 g/mol. The van der Waals surface area contributed by atoms with E-state index in [1.54, 1.807) is 6.92 Å². The molecule has 1 aliphatic rings. The molecule has 1 saturated carbocycles. The van der Waals surface area contributed by atoms with Crippen LogP contribution in [0.25, 0.3) is 0 Å². The van der Waals surface area contributed by atoms with Crippen molar-refractivity contribution in [3.05, 3.63) is 32.6 Å². The van der Waals surface area contributed by atoms with Gasteiger partial charge in [-0.1, -0.05) is 25.7 Å². The van der Waals surface area contributed by atoms with E-state index in [1.165, 1.54) is 10.8 Å². The van der Waals surface area contributed by atoms with Gasteiger partial charge in [0, 0.05) is 18.3 Å². The van der Waals surface area contributed by atoms with Crippen LogP contribution in [-0.2, 0) is 20.6 Å². The predicted octanol–water partition coefficient (Wildman–Crippen LogP) is 1.04. The van der Waals surface area contributed by atoms with Crippen molar-refractivity contribution in [3.8, 4) is 0 Å². The Morgan fingerprint density at radius 2 is 1.86 bits per heavy atom. The van der Waals surface area contributed by atoms with Gasteiger partial charge < -0.3 is 24.2 Å². The van der Waals surface area contributed by atoms with Crippen LogP contribution in [-0.4, -0.2) is 42.9 Å². The zero-order valence-electron chi connectivity index (χ0n) is 15.7. The molecule has 1 fully saturated rings. The molecule has 1 heterocycles. The largest absolute Gasteiger partial charge is 0.479 e. The molecule has 3 unspecified atom stereocenters. The summed E-state index contributed by atoms with van der Waals surface area (Å²) >= 11 is 0. The van der Waals surface area contributed by atoms with Gasteiger partial charge in [0.2, 0.25) is 0 Å². The van der Waals surface area contributed by atoms with Gasteiger partial charge in [0.15, 0.2) is 0 Å². The molecule has 0 amide bonds. The fraction of sp³-hybridized carbons (Fsp3) is 0.706. The van der Waals surface area contributed by atoms with Gasteiger partial charge in [0.25, 0.3) is 11.4 Å². The minimum atomic E-state index is -4.94. The Morgan fingerprint density at radius 3 is 2.43 bits per heavy atom. The van der Waals surface area contributed by atoms with Gasteiger partial charge in [-0.05, 0) is 31.6 Å². The van der Waals surface area contributed by atoms with Gasteiger partial charge in [-0.3, -0.25) is 14.3 Å². The molecule has 0 aliphatic heterocycles. The Kier molecular flexibility index (Phi) is 7.77. The number of aryl methyl sites for hydroxylation is 1. The summed E-state index contributed by atoms with van der Waals surface area (Å²) in [6.45, 7) is 1.80. The summed E-state index contributed by atoms with van der Waals surface area (Å²) in [6, 6.07) is 0. The Balaban J connectivity index is 2.19. The van der Waals surface area contributed by atoms with Crippen molar-refractivity contribution < 1.29 is 29.0 Å². The molecule has 1 aliphatic carbocycles. The fourth-order valence-corrected chi connectivity index (χ4v) is 4.20. The van der Waals surface area contributed by atoms with E-state index in [1.807, 2.05) is 0 Å². The first-order chi connectivity index (χ1) is 13.1. The molecule has 4 N–H and O–H groups in total. The molecule has 28 heavy (non-hydrogen) atoms. The number of nitrogens with one attached hydrogen (secondary N) is 1. The lowest BCUT2D eigenvalue weighted by atomic mass is 9.82. The predicted molar refractivity (Wildman–Crippen MR) is 100 cm³/mol. The molecule has 0 saturated heterocycles. The summed E-state index contributed by atoms with van der Waals surface area (Å²) < 4.78 is 17.9. The summed E-state index contributed by atoms with van der Waals surface area (Å²) in [7, 11) is -4.94. The maximum Gasteiger partial charge on any atom is 0.365 e. The Morgan fingerprint density at radius 1 is 1.25 bits per heavy atom. The smallest absolute Gasteiger partial charge is 0.365 e. The van der Waals surface area contributed by atoms with Crippen molar-refractivity contribution in [3.63, 3.8) is 0 Å². The van der Waals surface area contributed by atoms with Crippen molar-refractivity contribution >= 4 is 13.6 Å². The van der Waals surface area contributed by atoms with Gasteiger partial charge in [-0.25, -0.2) is 9.59 Å². The van der Waals surface area contributed by atoms with Crippen molar-refractivity contribution in [2.75, 3.05) is 6.61 Å². The van der Waals surface area contributed by atoms with Crippen molar-refractivity contribution in [2.24, 2.45) is 11.8 Å². The quantitative estimate of drug-likeness (QED) is 0.478. The molecule has 0 aromatic carbocycles. The summed E-state index contributed by atoms with van der Waals surface area (Å²) in [6.07, 6.45) is 6.84. The van der Waals surface area contributed by atoms with Crippen LogP contribution >= 0.6 is 7.60 Å². The molecule has 2 rings (SSSR count). The third-order valence-electron chi connectivity index (χ3n) is 5.17. The van der Waals surface area contributed by atoms with Crippen LogP contribution in [0.1, 0.15) is 44.1 Å². The monoisotopic (exact) mass is 418 g/mol. The number of rotatable bonds is 7. The van der Waals surface area contributed by atoms with Crippen LogP contribution in [0.5, 0.6) is 0 Å². The van der Waals surface area contributed by atoms with Crippen molar-refractivity contribution in [1.29, 1.82) is 0 Å². The maximum atomic E-state index is 12.1. The third-order valence-corrected chi connectivity index (χ3v) is 6.15. The average molecular weight is 418 g/mol. The maximum absolute atomic E-state index is 12.1. The molecule has 1 aromatic heterocycles. The lowest BCUT2D eigenvalue weighted by molar-refractivity contribution is -0.147. The van der Waals surface area contributed by atoms with Crippen LogP contribution in [0.2, 0.25) is 0 Å². The Bertz CT molecular complexity index is 842. The van der Waals surface area contributed by atoms with E-state index in [4.69, 9.17) is 9.84 Å². The minimum absolute atomic E-state index is 0.0467. The van der Waals surface area contributed by atoms with E-state index < -0.39 is 30.7 Å². The van der Waals surface area contributed by atoms with Gasteiger partial charge in [-0.2, -0.15) is 0 Å². The molecule has 3 atom stereocenters. The van der Waals surface area contributed by atoms with Crippen LogP contribution in [0.4, 0.5) is 0 Å². The van der Waals surface area contributed by atoms with E-state index in [-0.39, 0.29) is 18.4 Å². The first-order valence-electron chi connectivity index (χ1n) is 9.29. The lowest BCUT2D eigenvalue weighted by Gasteiger charge is -2.30. The molecule has 10 nitrogen and oxygen atoms in total. The number of hydrogen-bond acceptors (Lipinski definition) is 5. The van der Waals surface area contributed by atoms with Gasteiger partial charge >= 0.3 is 19.3 Å². The Hall–Kier alpha value is -1.74. The first kappa shape index (κ1) is 22.5. The number of nitrogens with zero attached hydrogens (tertiary/aromatic N) is 1.